The fraction of sp³-hybridized carbons (Fsp3) is 0.400. The Morgan fingerprint density at radius 2 is 2.23 bits per heavy atom. The Bertz CT molecular complexity index is 722. The van der Waals surface area contributed by atoms with Crippen LogP contribution in [0.25, 0.3) is 11.0 Å². The third-order valence-electron chi connectivity index (χ3n) is 3.70. The second-order valence-electron chi connectivity index (χ2n) is 5.66. The molecule has 1 aromatic heterocycles. The Morgan fingerprint density at radius 3 is 3.00 bits per heavy atom. The summed E-state index contributed by atoms with van der Waals surface area (Å²) < 4.78 is 1.81. The highest BCUT2D eigenvalue weighted by Gasteiger charge is 2.32. The van der Waals surface area contributed by atoms with Gasteiger partial charge in [-0.1, -0.05) is 12.1 Å². The van der Waals surface area contributed by atoms with Crippen LogP contribution in [0.4, 0.5) is 5.95 Å². The number of amides is 2. The Labute approximate surface area is 128 Å². The average Bonchev–Trinajstić information content (AvgIpc) is 2.83. The summed E-state index contributed by atoms with van der Waals surface area (Å²) in [4.78, 5) is 30.7. The number of fused-ring (bicyclic) bond motifs is 3. The number of para-hydroxylation sites is 2. The van der Waals surface area contributed by atoms with E-state index in [1.807, 2.05) is 47.8 Å². The molecule has 0 radical (unpaired) electrons. The van der Waals surface area contributed by atoms with Crippen molar-refractivity contribution in [3.63, 3.8) is 0 Å². The molecule has 1 unspecified atom stereocenters. The van der Waals surface area contributed by atoms with Gasteiger partial charge in [0, 0.05) is 13.1 Å². The molecule has 2 amide bonds. The topological polar surface area (TPSA) is 79.3 Å². The molecule has 0 spiro atoms. The minimum absolute atomic E-state index is 0.126. The molecule has 1 atom stereocenters. The smallest absolute Gasteiger partial charge is 0.243 e. The summed E-state index contributed by atoms with van der Waals surface area (Å²) in [6.07, 6.45) is 0.126. The molecule has 0 saturated carbocycles. The van der Waals surface area contributed by atoms with Gasteiger partial charge in [0.2, 0.25) is 17.8 Å². The van der Waals surface area contributed by atoms with E-state index in [4.69, 9.17) is 0 Å². The molecule has 0 bridgehead atoms. The maximum atomic E-state index is 12.5. The lowest BCUT2D eigenvalue weighted by atomic mass is 10.1. The number of hydrogen-bond acceptors (Lipinski definition) is 4. The summed E-state index contributed by atoms with van der Waals surface area (Å²) in [5.74, 6) is 0.0990. The number of carbonyl (C=O) groups is 2. The van der Waals surface area contributed by atoms with Crippen LogP contribution in [0.2, 0.25) is 0 Å². The number of anilines is 1. The molecule has 116 valence electrons. The van der Waals surface area contributed by atoms with Crippen LogP contribution in [0.1, 0.15) is 12.5 Å². The van der Waals surface area contributed by atoms with E-state index in [0.29, 0.717) is 12.5 Å². The fourth-order valence-corrected chi connectivity index (χ4v) is 2.62. The summed E-state index contributed by atoms with van der Waals surface area (Å²) in [5.41, 5.74) is 1.62. The van der Waals surface area contributed by atoms with Gasteiger partial charge in [-0.15, -0.1) is 0 Å². The van der Waals surface area contributed by atoms with Gasteiger partial charge in [-0.2, -0.15) is 0 Å². The first-order chi connectivity index (χ1) is 10.6. The fourth-order valence-electron chi connectivity index (χ4n) is 2.62. The molecular formula is C15H19N5O2. The monoisotopic (exact) mass is 301 g/mol. The molecule has 1 aliphatic heterocycles. The quantitative estimate of drug-likeness (QED) is 0.866. The number of carbonyl (C=O) groups excluding carboxylic acids is 2. The van der Waals surface area contributed by atoms with Crippen LogP contribution in [0.5, 0.6) is 0 Å². The van der Waals surface area contributed by atoms with Gasteiger partial charge in [0.25, 0.3) is 0 Å². The molecule has 1 aromatic carbocycles. The minimum atomic E-state index is -0.557. The number of benzene rings is 1. The van der Waals surface area contributed by atoms with E-state index in [0.717, 1.165) is 17.6 Å². The molecule has 0 saturated heterocycles. The van der Waals surface area contributed by atoms with E-state index in [-0.39, 0.29) is 18.2 Å². The van der Waals surface area contributed by atoms with Crippen molar-refractivity contribution in [3.8, 4) is 0 Å². The molecule has 0 aliphatic carbocycles. The van der Waals surface area contributed by atoms with E-state index < -0.39 is 6.04 Å². The standard InChI is InChI=1S/C15H19N5O2/c1-19(2)8-7-16-14(22)12-9-13(21)18-15-17-10-5-3-4-6-11(10)20(12)15/h3-6,12H,7-9H2,1-2H3,(H,16,22)(H,17,18,21). The summed E-state index contributed by atoms with van der Waals surface area (Å²) in [5, 5.41) is 5.62. The van der Waals surface area contributed by atoms with Crippen molar-refractivity contribution >= 4 is 28.8 Å². The van der Waals surface area contributed by atoms with Gasteiger partial charge < -0.3 is 10.2 Å². The highest BCUT2D eigenvalue weighted by atomic mass is 16.2. The second kappa shape index (κ2) is 5.76. The number of hydrogen-bond donors (Lipinski definition) is 2. The van der Waals surface area contributed by atoms with Crippen molar-refractivity contribution in [1.82, 2.24) is 19.8 Å². The van der Waals surface area contributed by atoms with E-state index in [9.17, 15) is 9.59 Å². The molecule has 7 heteroatoms. The van der Waals surface area contributed by atoms with E-state index in [2.05, 4.69) is 15.6 Å². The van der Waals surface area contributed by atoms with Crippen molar-refractivity contribution < 1.29 is 9.59 Å². The summed E-state index contributed by atoms with van der Waals surface area (Å²) in [6, 6.07) is 7.00. The number of nitrogens with one attached hydrogen (secondary N) is 2. The Kier molecular flexibility index (Phi) is 3.81. The van der Waals surface area contributed by atoms with Gasteiger partial charge in [0.15, 0.2) is 0 Å². The second-order valence-corrected chi connectivity index (χ2v) is 5.66. The maximum absolute atomic E-state index is 12.5. The number of imidazole rings is 1. The molecule has 22 heavy (non-hydrogen) atoms. The Morgan fingerprint density at radius 1 is 1.45 bits per heavy atom. The third kappa shape index (κ3) is 2.67. The lowest BCUT2D eigenvalue weighted by Gasteiger charge is -2.25. The van der Waals surface area contributed by atoms with E-state index >= 15 is 0 Å². The maximum Gasteiger partial charge on any atom is 0.243 e. The van der Waals surface area contributed by atoms with E-state index in [1.54, 1.807) is 0 Å². The van der Waals surface area contributed by atoms with Gasteiger partial charge in [-0.25, -0.2) is 4.98 Å². The highest BCUT2D eigenvalue weighted by molar-refractivity contribution is 5.99. The van der Waals surface area contributed by atoms with Gasteiger partial charge in [-0.3, -0.25) is 19.5 Å². The van der Waals surface area contributed by atoms with Crippen LogP contribution in [0.3, 0.4) is 0 Å². The van der Waals surface area contributed by atoms with Crippen LogP contribution < -0.4 is 10.6 Å². The SMILES string of the molecule is CN(C)CCNC(=O)C1CC(=O)Nc2nc3ccccc3n21. The van der Waals surface area contributed by atoms with Crippen molar-refractivity contribution in [2.75, 3.05) is 32.5 Å². The zero-order chi connectivity index (χ0) is 15.7. The minimum Gasteiger partial charge on any atom is -0.353 e. The van der Waals surface area contributed by atoms with Crippen LogP contribution in [-0.4, -0.2) is 53.5 Å². The number of aromatic nitrogens is 2. The van der Waals surface area contributed by atoms with E-state index in [1.165, 1.54) is 0 Å². The normalized spacial score (nSPS) is 17.4. The van der Waals surface area contributed by atoms with Crippen molar-refractivity contribution in [2.24, 2.45) is 0 Å². The molecule has 2 heterocycles. The van der Waals surface area contributed by atoms with Crippen LogP contribution in [0.15, 0.2) is 24.3 Å². The lowest BCUT2D eigenvalue weighted by molar-refractivity contribution is -0.128. The first-order valence-electron chi connectivity index (χ1n) is 7.25. The van der Waals surface area contributed by atoms with Crippen LogP contribution >= 0.6 is 0 Å². The largest absolute Gasteiger partial charge is 0.353 e. The first kappa shape index (κ1) is 14.5. The zero-order valence-electron chi connectivity index (χ0n) is 12.7. The predicted molar refractivity (Wildman–Crippen MR) is 83.6 cm³/mol. The number of likely N-dealkylation sites (N-methyl/N-ethyl adjacent to an activating group) is 1. The molecule has 3 rings (SSSR count). The molecule has 1 aliphatic rings. The summed E-state index contributed by atoms with van der Waals surface area (Å²) in [7, 11) is 3.89. The van der Waals surface area contributed by atoms with Gasteiger partial charge in [0.1, 0.15) is 6.04 Å². The Balaban J connectivity index is 1.90. The zero-order valence-corrected chi connectivity index (χ0v) is 12.7. The Hall–Kier alpha value is -2.41. The van der Waals surface area contributed by atoms with Crippen molar-refractivity contribution in [1.29, 1.82) is 0 Å². The number of rotatable bonds is 4. The summed E-state index contributed by atoms with van der Waals surface area (Å²) in [6.45, 7) is 1.30. The first-order valence-corrected chi connectivity index (χ1v) is 7.25. The van der Waals surface area contributed by atoms with Crippen molar-refractivity contribution in [3.05, 3.63) is 24.3 Å². The lowest BCUT2D eigenvalue weighted by Crippen LogP contribution is -2.40. The van der Waals surface area contributed by atoms with Crippen LogP contribution in [-0.2, 0) is 9.59 Å². The third-order valence-corrected chi connectivity index (χ3v) is 3.70. The van der Waals surface area contributed by atoms with Gasteiger partial charge in [-0.05, 0) is 26.2 Å². The predicted octanol–water partition coefficient (Wildman–Crippen LogP) is 0.597. The number of nitrogens with zero attached hydrogens (tertiary/aromatic N) is 3. The molecule has 2 N–H and O–H groups in total. The average molecular weight is 301 g/mol. The molecule has 2 aromatic rings. The highest BCUT2D eigenvalue weighted by Crippen LogP contribution is 2.30. The van der Waals surface area contributed by atoms with Crippen molar-refractivity contribution in [2.45, 2.75) is 12.5 Å². The molecule has 7 nitrogen and oxygen atoms in total. The van der Waals surface area contributed by atoms with Crippen LogP contribution in [0, 0.1) is 0 Å². The van der Waals surface area contributed by atoms with Gasteiger partial charge >= 0.3 is 0 Å². The molecular weight excluding hydrogens is 282 g/mol. The summed E-state index contributed by atoms with van der Waals surface area (Å²) >= 11 is 0. The molecule has 0 fully saturated rings. The van der Waals surface area contributed by atoms with Gasteiger partial charge in [0.05, 0.1) is 17.5 Å².